The van der Waals surface area contributed by atoms with Crippen LogP contribution in [0.15, 0.2) is 71.6 Å². The molecule has 0 saturated carbocycles. The van der Waals surface area contributed by atoms with Crippen LogP contribution in [0.1, 0.15) is 39.9 Å². The molecule has 1 N–H and O–H groups in total. The fourth-order valence-electron chi connectivity index (χ4n) is 4.29. The molecule has 0 atom stereocenters. The van der Waals surface area contributed by atoms with E-state index in [4.69, 9.17) is 0 Å². The second kappa shape index (κ2) is 10.6. The van der Waals surface area contributed by atoms with E-state index in [1.165, 1.54) is 27.0 Å². The van der Waals surface area contributed by atoms with Gasteiger partial charge in [0, 0.05) is 24.3 Å². The number of sulfonamides is 2. The summed E-state index contributed by atoms with van der Waals surface area (Å²) < 4.78 is 53.3. The predicted octanol–water partition coefficient (Wildman–Crippen LogP) is 4.31. The molecule has 1 heterocycles. The summed E-state index contributed by atoms with van der Waals surface area (Å²) in [4.78, 5) is 13.0. The number of rotatable bonds is 8. The Morgan fingerprint density at radius 3 is 2.11 bits per heavy atom. The summed E-state index contributed by atoms with van der Waals surface area (Å²) in [7, 11) is -7.05. The quantitative estimate of drug-likeness (QED) is 0.458. The lowest BCUT2D eigenvalue weighted by Gasteiger charge is -2.25. The van der Waals surface area contributed by atoms with Crippen LogP contribution in [-0.2, 0) is 26.6 Å². The number of hydrogen-bond acceptors (Lipinski definition) is 5. The summed E-state index contributed by atoms with van der Waals surface area (Å²) >= 11 is 0. The van der Waals surface area contributed by atoms with Crippen molar-refractivity contribution in [3.05, 3.63) is 89.0 Å². The van der Waals surface area contributed by atoms with Gasteiger partial charge in [0.2, 0.25) is 20.0 Å². The van der Waals surface area contributed by atoms with Crippen LogP contribution in [0.3, 0.4) is 0 Å². The summed E-state index contributed by atoms with van der Waals surface area (Å²) in [6.45, 7) is 4.98. The summed E-state index contributed by atoms with van der Waals surface area (Å²) in [6, 6.07) is 18.6. The third kappa shape index (κ3) is 6.20. The lowest BCUT2D eigenvalue weighted by molar-refractivity contribution is 0.102. The van der Waals surface area contributed by atoms with Gasteiger partial charge in [-0.15, -0.1) is 0 Å². The van der Waals surface area contributed by atoms with Crippen molar-refractivity contribution < 1.29 is 21.6 Å². The molecule has 196 valence electrons. The van der Waals surface area contributed by atoms with Gasteiger partial charge in [0.1, 0.15) is 0 Å². The maximum atomic E-state index is 12.8. The van der Waals surface area contributed by atoms with Crippen LogP contribution in [0.2, 0.25) is 0 Å². The Morgan fingerprint density at radius 1 is 0.892 bits per heavy atom. The minimum absolute atomic E-state index is 0.137. The second-order valence-corrected chi connectivity index (χ2v) is 13.2. The van der Waals surface area contributed by atoms with Crippen molar-refractivity contribution in [2.45, 2.75) is 38.1 Å². The molecule has 0 radical (unpaired) electrons. The first-order valence-corrected chi connectivity index (χ1v) is 15.3. The zero-order chi connectivity index (χ0) is 26.8. The average Bonchev–Trinajstić information content (AvgIpc) is 3.40. The van der Waals surface area contributed by atoms with E-state index in [2.05, 4.69) is 5.32 Å². The summed E-state index contributed by atoms with van der Waals surface area (Å²) in [5, 5.41) is 2.78. The van der Waals surface area contributed by atoms with Crippen molar-refractivity contribution in [3.63, 3.8) is 0 Å². The van der Waals surface area contributed by atoms with Gasteiger partial charge in [-0.05, 0) is 85.8 Å². The van der Waals surface area contributed by atoms with Gasteiger partial charge >= 0.3 is 0 Å². The van der Waals surface area contributed by atoms with Gasteiger partial charge in [-0.3, -0.25) is 9.10 Å². The molecule has 0 aliphatic carbocycles. The molecule has 1 aliphatic rings. The molecule has 8 nitrogen and oxygen atoms in total. The topological polar surface area (TPSA) is 104 Å². The molecule has 37 heavy (non-hydrogen) atoms. The zero-order valence-electron chi connectivity index (χ0n) is 21.1. The molecule has 0 aromatic heterocycles. The summed E-state index contributed by atoms with van der Waals surface area (Å²) in [5.41, 5.74) is 4.05. The van der Waals surface area contributed by atoms with Crippen LogP contribution >= 0.6 is 0 Å². The van der Waals surface area contributed by atoms with Gasteiger partial charge in [-0.1, -0.05) is 24.3 Å². The van der Waals surface area contributed by atoms with Crippen molar-refractivity contribution in [2.24, 2.45) is 0 Å². The Hall–Kier alpha value is -3.21. The van der Waals surface area contributed by atoms with Crippen molar-refractivity contribution in [3.8, 4) is 0 Å². The van der Waals surface area contributed by atoms with Crippen LogP contribution in [0.4, 0.5) is 11.4 Å². The van der Waals surface area contributed by atoms with E-state index in [1.54, 1.807) is 36.4 Å². The minimum Gasteiger partial charge on any atom is -0.322 e. The van der Waals surface area contributed by atoms with Crippen molar-refractivity contribution in [2.75, 3.05) is 29.0 Å². The number of nitrogens with one attached hydrogen (secondary N) is 1. The highest BCUT2D eigenvalue weighted by atomic mass is 32.2. The van der Waals surface area contributed by atoms with Gasteiger partial charge in [0.25, 0.3) is 5.91 Å². The molecule has 10 heteroatoms. The molecule has 1 fully saturated rings. The van der Waals surface area contributed by atoms with Gasteiger partial charge in [0.05, 0.1) is 23.4 Å². The first-order valence-electron chi connectivity index (χ1n) is 12.0. The number of anilines is 2. The van der Waals surface area contributed by atoms with E-state index >= 15 is 0 Å². The first-order chi connectivity index (χ1) is 17.4. The number of benzene rings is 3. The molecule has 1 saturated heterocycles. The van der Waals surface area contributed by atoms with Gasteiger partial charge < -0.3 is 5.32 Å². The maximum absolute atomic E-state index is 12.8. The van der Waals surface area contributed by atoms with Crippen LogP contribution in [0.25, 0.3) is 0 Å². The highest BCUT2D eigenvalue weighted by molar-refractivity contribution is 7.92. The number of hydrogen-bond donors (Lipinski definition) is 1. The molecular weight excluding hydrogens is 510 g/mol. The monoisotopic (exact) mass is 541 g/mol. The Kier molecular flexibility index (Phi) is 7.72. The number of aryl methyl sites for hydroxylation is 2. The smallest absolute Gasteiger partial charge is 0.255 e. The SMILES string of the molecule is Cc1ccc(C)c(N(Cc2ccc(C(=O)Nc3ccc(S(=O)(=O)N4CCCC4)cc3)cc2)S(C)(=O)=O)c1. The molecule has 1 aliphatic heterocycles. The third-order valence-corrected chi connectivity index (χ3v) is 9.43. The number of nitrogens with zero attached hydrogens (tertiary/aromatic N) is 2. The van der Waals surface area contributed by atoms with Crippen LogP contribution in [-0.4, -0.2) is 46.4 Å². The van der Waals surface area contributed by atoms with Gasteiger partial charge in [-0.2, -0.15) is 4.31 Å². The van der Waals surface area contributed by atoms with E-state index in [1.807, 2.05) is 32.0 Å². The Morgan fingerprint density at radius 2 is 1.51 bits per heavy atom. The molecule has 3 aromatic carbocycles. The fourth-order valence-corrected chi connectivity index (χ4v) is 6.74. The van der Waals surface area contributed by atoms with Crippen LogP contribution in [0.5, 0.6) is 0 Å². The third-order valence-electron chi connectivity index (χ3n) is 6.39. The highest BCUT2D eigenvalue weighted by Crippen LogP contribution is 2.26. The van der Waals surface area contributed by atoms with Crippen LogP contribution in [0, 0.1) is 13.8 Å². The first kappa shape index (κ1) is 26.8. The average molecular weight is 542 g/mol. The van der Waals surface area contributed by atoms with E-state index in [-0.39, 0.29) is 17.3 Å². The van der Waals surface area contributed by atoms with Crippen molar-refractivity contribution in [1.82, 2.24) is 4.31 Å². The fraction of sp³-hybridized carbons (Fsp3) is 0.296. The van der Waals surface area contributed by atoms with E-state index < -0.39 is 20.0 Å². The van der Waals surface area contributed by atoms with Gasteiger partial charge in [-0.25, -0.2) is 16.8 Å². The van der Waals surface area contributed by atoms with Crippen molar-refractivity contribution >= 4 is 37.3 Å². The standard InChI is InChI=1S/C27H31N3O5S2/c1-20-6-7-21(2)26(18-20)30(36(3,32)33)19-22-8-10-23(11-9-22)27(31)28-24-12-14-25(15-13-24)37(34,35)29-16-4-5-17-29/h6-15,18H,4-5,16-17,19H2,1-3H3,(H,28,31). The lowest BCUT2D eigenvalue weighted by Crippen LogP contribution is -2.30. The van der Waals surface area contributed by atoms with E-state index in [9.17, 15) is 21.6 Å². The predicted molar refractivity (Wildman–Crippen MR) is 146 cm³/mol. The Balaban J connectivity index is 1.45. The van der Waals surface area contributed by atoms with Crippen LogP contribution < -0.4 is 9.62 Å². The maximum Gasteiger partial charge on any atom is 0.255 e. The van der Waals surface area contributed by atoms with Crippen molar-refractivity contribution in [1.29, 1.82) is 0 Å². The Bertz CT molecular complexity index is 1490. The molecule has 1 amide bonds. The highest BCUT2D eigenvalue weighted by Gasteiger charge is 2.27. The number of amides is 1. The zero-order valence-corrected chi connectivity index (χ0v) is 22.8. The molecule has 3 aromatic rings. The van der Waals surface area contributed by atoms with E-state index in [0.717, 1.165) is 29.5 Å². The molecule has 4 rings (SSSR count). The van der Waals surface area contributed by atoms with E-state index in [0.29, 0.717) is 30.0 Å². The molecular formula is C27H31N3O5S2. The lowest BCUT2D eigenvalue weighted by atomic mass is 10.1. The molecule has 0 spiro atoms. The minimum atomic E-state index is -3.53. The Labute approximate surface area is 219 Å². The molecule has 0 bridgehead atoms. The number of carbonyl (C=O) groups excluding carboxylic acids is 1. The number of carbonyl (C=O) groups is 1. The molecule has 0 unspecified atom stereocenters. The summed E-state index contributed by atoms with van der Waals surface area (Å²) in [6.07, 6.45) is 2.91. The van der Waals surface area contributed by atoms with Gasteiger partial charge in [0.15, 0.2) is 0 Å². The largest absolute Gasteiger partial charge is 0.322 e. The summed E-state index contributed by atoms with van der Waals surface area (Å²) in [5.74, 6) is -0.351. The second-order valence-electron chi connectivity index (χ2n) is 9.35. The normalized spacial score (nSPS) is 14.5.